The van der Waals surface area contributed by atoms with Gasteiger partial charge < -0.3 is 9.84 Å². The van der Waals surface area contributed by atoms with Gasteiger partial charge in [0.1, 0.15) is 6.10 Å². The zero-order valence-corrected chi connectivity index (χ0v) is 12.7. The molecule has 0 heterocycles. The number of hydrogen-bond acceptors (Lipinski definition) is 3. The van der Waals surface area contributed by atoms with Crippen LogP contribution in [0.5, 0.6) is 0 Å². The molecule has 0 spiro atoms. The first-order chi connectivity index (χ1) is 10.2. The number of ether oxygens (including phenoxy) is 1. The summed E-state index contributed by atoms with van der Waals surface area (Å²) < 4.78 is 5.80. The molecule has 0 radical (unpaired) electrons. The second-order valence-corrected chi connectivity index (χ2v) is 4.71. The highest BCUT2D eigenvalue weighted by Crippen LogP contribution is 2.23. The van der Waals surface area contributed by atoms with Gasteiger partial charge in [0, 0.05) is 12.7 Å². The third-order valence-electron chi connectivity index (χ3n) is 2.81. The Morgan fingerprint density at radius 1 is 0.905 bits per heavy atom. The summed E-state index contributed by atoms with van der Waals surface area (Å²) in [4.78, 5) is 12.6. The van der Waals surface area contributed by atoms with E-state index in [0.29, 0.717) is 5.56 Å². The first-order valence-corrected chi connectivity index (χ1v) is 6.93. The number of Topliss-reactive ketones (excluding diaryl/α,β-unsaturated/α-hetero) is 1. The quantitative estimate of drug-likeness (QED) is 0.853. The Hall–Kier alpha value is -1.97. The second kappa shape index (κ2) is 9.06. The minimum atomic E-state index is -0.538. The predicted molar refractivity (Wildman–Crippen MR) is 84.3 cm³/mol. The summed E-state index contributed by atoms with van der Waals surface area (Å²) in [6, 6.07) is 18.9. The standard InChI is InChI=1S/C17H18O2.CH4O/c1-13(2)19-17(15-11-7-4-8-12-15)16(18)14-9-5-3-6-10-14;1-2/h3-13,17H,1-2H3;2H,1H3. The number of benzene rings is 2. The lowest BCUT2D eigenvalue weighted by Gasteiger charge is -2.19. The molecule has 1 N–H and O–H groups in total. The summed E-state index contributed by atoms with van der Waals surface area (Å²) in [5.41, 5.74) is 1.57. The van der Waals surface area contributed by atoms with E-state index in [-0.39, 0.29) is 11.9 Å². The van der Waals surface area contributed by atoms with Crippen molar-refractivity contribution in [3.05, 3.63) is 71.8 Å². The highest BCUT2D eigenvalue weighted by atomic mass is 16.5. The zero-order chi connectivity index (χ0) is 15.7. The Balaban J connectivity index is 0.00000106. The van der Waals surface area contributed by atoms with Gasteiger partial charge in [-0.3, -0.25) is 4.79 Å². The summed E-state index contributed by atoms with van der Waals surface area (Å²) in [5.74, 6) is 0.000463. The molecule has 2 aromatic carbocycles. The minimum Gasteiger partial charge on any atom is -0.400 e. The highest BCUT2D eigenvalue weighted by molar-refractivity contribution is 6.00. The maximum absolute atomic E-state index is 12.6. The summed E-state index contributed by atoms with van der Waals surface area (Å²) in [7, 11) is 1.00. The van der Waals surface area contributed by atoms with Crippen molar-refractivity contribution in [2.75, 3.05) is 7.11 Å². The van der Waals surface area contributed by atoms with Crippen molar-refractivity contribution in [2.45, 2.75) is 26.1 Å². The van der Waals surface area contributed by atoms with E-state index in [9.17, 15) is 4.79 Å². The molecule has 0 aromatic heterocycles. The molecule has 0 aliphatic rings. The molecule has 0 saturated heterocycles. The molecule has 112 valence electrons. The molecule has 3 nitrogen and oxygen atoms in total. The van der Waals surface area contributed by atoms with Gasteiger partial charge in [-0.05, 0) is 19.4 Å². The number of aliphatic hydroxyl groups excluding tert-OH is 1. The fraction of sp³-hybridized carbons (Fsp3) is 0.278. The van der Waals surface area contributed by atoms with Crippen LogP contribution >= 0.6 is 0 Å². The monoisotopic (exact) mass is 286 g/mol. The molecule has 1 unspecified atom stereocenters. The number of ketones is 1. The summed E-state index contributed by atoms with van der Waals surface area (Å²) >= 11 is 0. The lowest BCUT2D eigenvalue weighted by atomic mass is 9.99. The first kappa shape index (κ1) is 17.1. The maximum Gasteiger partial charge on any atom is 0.196 e. The molecule has 2 rings (SSSR count). The Kier molecular flexibility index (Phi) is 7.37. The van der Waals surface area contributed by atoms with Gasteiger partial charge in [0.2, 0.25) is 0 Å². The maximum atomic E-state index is 12.6. The summed E-state index contributed by atoms with van der Waals surface area (Å²) in [6.07, 6.45) is -0.540. The van der Waals surface area contributed by atoms with Crippen LogP contribution in [0.2, 0.25) is 0 Å². The zero-order valence-electron chi connectivity index (χ0n) is 12.7. The van der Waals surface area contributed by atoms with E-state index < -0.39 is 6.10 Å². The van der Waals surface area contributed by atoms with E-state index in [1.807, 2.05) is 74.5 Å². The molecule has 1 atom stereocenters. The van der Waals surface area contributed by atoms with E-state index in [1.165, 1.54) is 0 Å². The van der Waals surface area contributed by atoms with Gasteiger partial charge in [0.25, 0.3) is 0 Å². The molecule has 0 amide bonds. The van der Waals surface area contributed by atoms with Gasteiger partial charge in [-0.2, -0.15) is 0 Å². The number of carbonyl (C=O) groups is 1. The smallest absolute Gasteiger partial charge is 0.196 e. The fourth-order valence-corrected chi connectivity index (χ4v) is 1.95. The van der Waals surface area contributed by atoms with Crippen molar-refractivity contribution in [2.24, 2.45) is 0 Å². The van der Waals surface area contributed by atoms with Gasteiger partial charge in [-0.15, -0.1) is 0 Å². The third kappa shape index (κ3) is 5.14. The SMILES string of the molecule is CC(C)OC(C(=O)c1ccccc1)c1ccccc1.CO. The van der Waals surface area contributed by atoms with Gasteiger partial charge >= 0.3 is 0 Å². The van der Waals surface area contributed by atoms with E-state index in [1.54, 1.807) is 0 Å². The number of hydrogen-bond donors (Lipinski definition) is 1. The van der Waals surface area contributed by atoms with E-state index in [0.717, 1.165) is 12.7 Å². The summed E-state index contributed by atoms with van der Waals surface area (Å²) in [5, 5.41) is 7.00. The normalized spacial score (nSPS) is 11.5. The molecule has 3 heteroatoms. The van der Waals surface area contributed by atoms with Crippen LogP contribution in [0.15, 0.2) is 60.7 Å². The van der Waals surface area contributed by atoms with Gasteiger partial charge in [-0.1, -0.05) is 60.7 Å². The highest BCUT2D eigenvalue weighted by Gasteiger charge is 2.23. The molecule has 0 bridgehead atoms. The van der Waals surface area contributed by atoms with Gasteiger partial charge in [-0.25, -0.2) is 0 Å². The van der Waals surface area contributed by atoms with Crippen molar-refractivity contribution in [3.8, 4) is 0 Å². The van der Waals surface area contributed by atoms with Crippen molar-refractivity contribution < 1.29 is 14.6 Å². The fourth-order valence-electron chi connectivity index (χ4n) is 1.95. The largest absolute Gasteiger partial charge is 0.400 e. The molecule has 21 heavy (non-hydrogen) atoms. The van der Waals surface area contributed by atoms with E-state index in [2.05, 4.69) is 0 Å². The molecule has 0 aliphatic heterocycles. The van der Waals surface area contributed by atoms with Crippen molar-refractivity contribution in [1.29, 1.82) is 0 Å². The topological polar surface area (TPSA) is 46.5 Å². The van der Waals surface area contributed by atoms with Crippen LogP contribution < -0.4 is 0 Å². The van der Waals surface area contributed by atoms with Crippen LogP contribution in [0.1, 0.15) is 35.9 Å². The van der Waals surface area contributed by atoms with Crippen LogP contribution in [0.4, 0.5) is 0 Å². The first-order valence-electron chi connectivity index (χ1n) is 6.93. The molecule has 2 aromatic rings. The van der Waals surface area contributed by atoms with Crippen LogP contribution in [-0.4, -0.2) is 24.1 Å². The molecule has 0 fully saturated rings. The van der Waals surface area contributed by atoms with Gasteiger partial charge in [0.05, 0.1) is 6.10 Å². The average molecular weight is 286 g/mol. The van der Waals surface area contributed by atoms with Crippen LogP contribution in [0, 0.1) is 0 Å². The Morgan fingerprint density at radius 3 is 1.86 bits per heavy atom. The molecule has 0 saturated carbocycles. The third-order valence-corrected chi connectivity index (χ3v) is 2.81. The minimum absolute atomic E-state index is 0.000463. The lowest BCUT2D eigenvalue weighted by Crippen LogP contribution is -2.19. The van der Waals surface area contributed by atoms with Crippen LogP contribution in [0.25, 0.3) is 0 Å². The average Bonchev–Trinajstić information content (AvgIpc) is 2.55. The predicted octanol–water partition coefficient (Wildman–Crippen LogP) is 3.64. The number of rotatable bonds is 5. The van der Waals surface area contributed by atoms with Crippen molar-refractivity contribution in [3.63, 3.8) is 0 Å². The van der Waals surface area contributed by atoms with Crippen LogP contribution in [-0.2, 0) is 4.74 Å². The second-order valence-electron chi connectivity index (χ2n) is 4.71. The molecule has 0 aliphatic carbocycles. The molecular formula is C18H22O3. The number of aliphatic hydroxyl groups is 1. The Labute approximate surface area is 126 Å². The van der Waals surface area contributed by atoms with Crippen LogP contribution in [0.3, 0.4) is 0 Å². The van der Waals surface area contributed by atoms with Gasteiger partial charge in [0.15, 0.2) is 5.78 Å². The van der Waals surface area contributed by atoms with E-state index >= 15 is 0 Å². The number of carbonyl (C=O) groups excluding carboxylic acids is 1. The lowest BCUT2D eigenvalue weighted by molar-refractivity contribution is 0.0114. The van der Waals surface area contributed by atoms with E-state index in [4.69, 9.17) is 9.84 Å². The Morgan fingerprint density at radius 2 is 1.38 bits per heavy atom. The van der Waals surface area contributed by atoms with Crippen molar-refractivity contribution in [1.82, 2.24) is 0 Å². The Bertz CT molecular complexity index is 521. The van der Waals surface area contributed by atoms with Crippen molar-refractivity contribution >= 4 is 5.78 Å². The molecular weight excluding hydrogens is 264 g/mol. The summed E-state index contributed by atoms with van der Waals surface area (Å²) in [6.45, 7) is 3.88.